The van der Waals surface area contributed by atoms with Gasteiger partial charge in [-0.15, -0.1) is 0 Å². The lowest BCUT2D eigenvalue weighted by molar-refractivity contribution is 0.183. The molecule has 0 aromatic carbocycles. The van der Waals surface area contributed by atoms with Gasteiger partial charge in [0.05, 0.1) is 6.07 Å². The highest BCUT2D eigenvalue weighted by Gasteiger charge is 2.30. The zero-order valence-electron chi connectivity index (χ0n) is 8.91. The molecular weight excluding hydrogens is 190 g/mol. The highest BCUT2D eigenvalue weighted by Crippen LogP contribution is 2.24. The van der Waals surface area contributed by atoms with Gasteiger partial charge in [-0.2, -0.15) is 5.26 Å². The molecule has 0 unspecified atom stereocenters. The highest BCUT2D eigenvalue weighted by atomic mass is 16.2. The second-order valence-electron chi connectivity index (χ2n) is 4.45. The SMILES string of the molecule is N#CCN(C(=O)NC1CC1)C1CCCC1. The minimum absolute atomic E-state index is 0.0362. The number of carbonyl (C=O) groups excluding carboxylic acids is 1. The molecule has 0 spiro atoms. The first-order valence-electron chi connectivity index (χ1n) is 5.75. The fourth-order valence-electron chi connectivity index (χ4n) is 2.14. The van der Waals surface area contributed by atoms with Crippen molar-refractivity contribution >= 4 is 6.03 Å². The largest absolute Gasteiger partial charge is 0.335 e. The van der Waals surface area contributed by atoms with E-state index in [2.05, 4.69) is 11.4 Å². The van der Waals surface area contributed by atoms with Gasteiger partial charge in [-0.1, -0.05) is 12.8 Å². The van der Waals surface area contributed by atoms with Crippen molar-refractivity contribution in [3.8, 4) is 6.07 Å². The number of rotatable bonds is 3. The van der Waals surface area contributed by atoms with Gasteiger partial charge in [-0.3, -0.25) is 0 Å². The fraction of sp³-hybridized carbons (Fsp3) is 0.818. The van der Waals surface area contributed by atoms with Crippen LogP contribution in [0.5, 0.6) is 0 Å². The number of amides is 2. The van der Waals surface area contributed by atoms with Crippen LogP contribution in [-0.4, -0.2) is 29.6 Å². The number of nitrogens with zero attached hydrogens (tertiary/aromatic N) is 2. The molecule has 2 amide bonds. The molecule has 2 aliphatic carbocycles. The van der Waals surface area contributed by atoms with E-state index in [1.807, 2.05) is 0 Å². The van der Waals surface area contributed by atoms with Crippen molar-refractivity contribution < 1.29 is 4.79 Å². The van der Waals surface area contributed by atoms with Crippen LogP contribution >= 0.6 is 0 Å². The van der Waals surface area contributed by atoms with Gasteiger partial charge in [0.2, 0.25) is 0 Å². The van der Waals surface area contributed by atoms with E-state index >= 15 is 0 Å². The number of nitrogens with one attached hydrogen (secondary N) is 1. The average Bonchev–Trinajstić information content (AvgIpc) is 2.87. The van der Waals surface area contributed by atoms with Gasteiger partial charge in [-0.05, 0) is 25.7 Å². The van der Waals surface area contributed by atoms with Crippen molar-refractivity contribution in [3.05, 3.63) is 0 Å². The monoisotopic (exact) mass is 207 g/mol. The molecule has 15 heavy (non-hydrogen) atoms. The summed E-state index contributed by atoms with van der Waals surface area (Å²) >= 11 is 0. The van der Waals surface area contributed by atoms with E-state index in [1.165, 1.54) is 12.8 Å². The molecule has 0 atom stereocenters. The zero-order valence-corrected chi connectivity index (χ0v) is 8.91. The van der Waals surface area contributed by atoms with E-state index in [1.54, 1.807) is 4.90 Å². The molecule has 0 saturated heterocycles. The molecule has 2 aliphatic rings. The van der Waals surface area contributed by atoms with Crippen LogP contribution in [0.4, 0.5) is 4.79 Å². The molecule has 4 heteroatoms. The molecule has 0 radical (unpaired) electrons. The van der Waals surface area contributed by atoms with Crippen LogP contribution in [-0.2, 0) is 0 Å². The summed E-state index contributed by atoms with van der Waals surface area (Å²) in [5, 5.41) is 11.7. The molecule has 2 saturated carbocycles. The topological polar surface area (TPSA) is 56.1 Å². The first-order chi connectivity index (χ1) is 7.31. The number of urea groups is 1. The van der Waals surface area contributed by atoms with Crippen LogP contribution in [0, 0.1) is 11.3 Å². The predicted molar refractivity (Wildman–Crippen MR) is 56.1 cm³/mol. The summed E-state index contributed by atoms with van der Waals surface area (Å²) in [5.74, 6) is 0. The Morgan fingerprint density at radius 3 is 2.53 bits per heavy atom. The number of hydrogen-bond donors (Lipinski definition) is 1. The van der Waals surface area contributed by atoms with E-state index in [9.17, 15) is 4.79 Å². The van der Waals surface area contributed by atoms with Crippen LogP contribution in [0.3, 0.4) is 0 Å². The first kappa shape index (κ1) is 10.3. The molecule has 2 fully saturated rings. The maximum absolute atomic E-state index is 11.8. The quantitative estimate of drug-likeness (QED) is 0.715. The molecule has 2 rings (SSSR count). The third kappa shape index (κ3) is 2.62. The van der Waals surface area contributed by atoms with Crippen LogP contribution in [0.15, 0.2) is 0 Å². The van der Waals surface area contributed by atoms with E-state index in [-0.39, 0.29) is 12.6 Å². The van der Waals surface area contributed by atoms with Crippen molar-refractivity contribution in [3.63, 3.8) is 0 Å². The van der Waals surface area contributed by atoms with Crippen molar-refractivity contribution in [1.82, 2.24) is 10.2 Å². The molecule has 0 aromatic rings. The maximum Gasteiger partial charge on any atom is 0.318 e. The van der Waals surface area contributed by atoms with Gasteiger partial charge in [0.25, 0.3) is 0 Å². The smallest absolute Gasteiger partial charge is 0.318 e. The maximum atomic E-state index is 11.8. The third-order valence-corrected chi connectivity index (χ3v) is 3.17. The Labute approximate surface area is 90.2 Å². The van der Waals surface area contributed by atoms with E-state index in [0.717, 1.165) is 25.7 Å². The Balaban J connectivity index is 1.91. The fourth-order valence-corrected chi connectivity index (χ4v) is 2.14. The van der Waals surface area contributed by atoms with Gasteiger partial charge in [0, 0.05) is 12.1 Å². The minimum Gasteiger partial charge on any atom is -0.335 e. The zero-order chi connectivity index (χ0) is 10.7. The van der Waals surface area contributed by atoms with Crippen LogP contribution in [0.25, 0.3) is 0 Å². The average molecular weight is 207 g/mol. The summed E-state index contributed by atoms with van der Waals surface area (Å²) < 4.78 is 0. The second kappa shape index (κ2) is 4.52. The summed E-state index contributed by atoms with van der Waals surface area (Å²) in [6, 6.07) is 2.72. The summed E-state index contributed by atoms with van der Waals surface area (Å²) in [6.07, 6.45) is 6.67. The number of carbonyl (C=O) groups is 1. The lowest BCUT2D eigenvalue weighted by Crippen LogP contribution is -2.46. The van der Waals surface area contributed by atoms with Gasteiger partial charge in [-0.25, -0.2) is 4.79 Å². The highest BCUT2D eigenvalue weighted by molar-refractivity contribution is 5.75. The van der Waals surface area contributed by atoms with Gasteiger partial charge in [0.15, 0.2) is 0 Å². The second-order valence-corrected chi connectivity index (χ2v) is 4.45. The lowest BCUT2D eigenvalue weighted by Gasteiger charge is -2.26. The van der Waals surface area contributed by atoms with Crippen LogP contribution < -0.4 is 5.32 Å². The van der Waals surface area contributed by atoms with Crippen molar-refractivity contribution in [2.75, 3.05) is 6.54 Å². The normalized spacial score (nSPS) is 21.0. The van der Waals surface area contributed by atoms with Gasteiger partial charge >= 0.3 is 6.03 Å². The Morgan fingerprint density at radius 1 is 1.33 bits per heavy atom. The molecule has 82 valence electrons. The van der Waals surface area contributed by atoms with E-state index < -0.39 is 0 Å². The third-order valence-electron chi connectivity index (χ3n) is 3.17. The molecule has 0 bridgehead atoms. The number of nitriles is 1. The van der Waals surface area contributed by atoms with Gasteiger partial charge < -0.3 is 10.2 Å². The van der Waals surface area contributed by atoms with Crippen molar-refractivity contribution in [2.24, 2.45) is 0 Å². The standard InChI is InChI=1S/C11H17N3O/c12-7-8-14(10-3-1-2-4-10)11(15)13-9-5-6-9/h9-10H,1-6,8H2,(H,13,15). The van der Waals surface area contributed by atoms with E-state index in [4.69, 9.17) is 5.26 Å². The number of hydrogen-bond acceptors (Lipinski definition) is 2. The minimum atomic E-state index is -0.0362. The van der Waals surface area contributed by atoms with Crippen LogP contribution in [0.1, 0.15) is 38.5 Å². The summed E-state index contributed by atoms with van der Waals surface area (Å²) in [4.78, 5) is 13.5. The summed E-state index contributed by atoms with van der Waals surface area (Å²) in [5.41, 5.74) is 0. The first-order valence-corrected chi connectivity index (χ1v) is 5.75. The lowest BCUT2D eigenvalue weighted by atomic mass is 10.2. The van der Waals surface area contributed by atoms with Crippen molar-refractivity contribution in [2.45, 2.75) is 50.6 Å². The summed E-state index contributed by atoms with van der Waals surface area (Å²) in [6.45, 7) is 0.225. The Bertz CT molecular complexity index is 274. The Hall–Kier alpha value is -1.24. The molecule has 1 N–H and O–H groups in total. The van der Waals surface area contributed by atoms with E-state index in [0.29, 0.717) is 12.1 Å². The van der Waals surface area contributed by atoms with Crippen molar-refractivity contribution in [1.29, 1.82) is 5.26 Å². The van der Waals surface area contributed by atoms with Crippen LogP contribution in [0.2, 0.25) is 0 Å². The molecule has 0 heterocycles. The molecule has 0 aromatic heterocycles. The molecule has 4 nitrogen and oxygen atoms in total. The molecular formula is C11H17N3O. The Kier molecular flexibility index (Phi) is 3.10. The Morgan fingerprint density at radius 2 is 2.00 bits per heavy atom. The summed E-state index contributed by atoms with van der Waals surface area (Å²) in [7, 11) is 0. The molecule has 0 aliphatic heterocycles. The van der Waals surface area contributed by atoms with Gasteiger partial charge in [0.1, 0.15) is 6.54 Å². The predicted octanol–water partition coefficient (Wildman–Crippen LogP) is 1.63.